The molecule has 1 aliphatic rings. The minimum absolute atomic E-state index is 0.114. The molecular formula is C13H14ClN3O3. The van der Waals surface area contributed by atoms with Crippen molar-refractivity contribution in [3.63, 3.8) is 0 Å². The summed E-state index contributed by atoms with van der Waals surface area (Å²) in [6, 6.07) is 1.38. The minimum atomic E-state index is -1.03. The minimum Gasteiger partial charge on any atom is -0.478 e. The number of halogens is 1. The van der Waals surface area contributed by atoms with E-state index in [1.54, 1.807) is 11.5 Å². The third kappa shape index (κ3) is 2.05. The van der Waals surface area contributed by atoms with Gasteiger partial charge < -0.3 is 9.84 Å². The second-order valence-corrected chi connectivity index (χ2v) is 5.52. The molecule has 20 heavy (non-hydrogen) atoms. The Morgan fingerprint density at radius 3 is 2.85 bits per heavy atom. The van der Waals surface area contributed by atoms with Crippen molar-refractivity contribution in [2.75, 3.05) is 7.11 Å². The fourth-order valence-corrected chi connectivity index (χ4v) is 2.80. The Morgan fingerprint density at radius 1 is 1.55 bits per heavy atom. The molecule has 1 N–H and O–H groups in total. The number of methoxy groups -OCH3 is 1. The number of hydrogen-bond acceptors (Lipinski definition) is 4. The van der Waals surface area contributed by atoms with Crippen LogP contribution in [0.1, 0.15) is 35.4 Å². The molecule has 0 unspecified atom stereocenters. The van der Waals surface area contributed by atoms with Crippen LogP contribution in [0.4, 0.5) is 0 Å². The van der Waals surface area contributed by atoms with Crippen LogP contribution in [0.5, 0.6) is 0 Å². The van der Waals surface area contributed by atoms with Gasteiger partial charge >= 0.3 is 5.97 Å². The van der Waals surface area contributed by atoms with Crippen LogP contribution in [0.25, 0.3) is 5.65 Å². The SMILES string of the molecule is COC1(Cc2nnc3c(Cl)cc(C(=O)O)cn23)CCC1. The normalized spacial score (nSPS) is 17.1. The number of carboxylic acid groups (broad SMARTS) is 1. The van der Waals surface area contributed by atoms with E-state index in [9.17, 15) is 4.79 Å². The Morgan fingerprint density at radius 2 is 2.30 bits per heavy atom. The van der Waals surface area contributed by atoms with Gasteiger partial charge in [0.2, 0.25) is 0 Å². The average Bonchev–Trinajstić information content (AvgIpc) is 2.77. The molecule has 3 rings (SSSR count). The van der Waals surface area contributed by atoms with Crippen molar-refractivity contribution >= 4 is 23.2 Å². The summed E-state index contributed by atoms with van der Waals surface area (Å²) in [5.41, 5.74) is 0.384. The highest BCUT2D eigenvalue weighted by molar-refractivity contribution is 6.33. The lowest BCUT2D eigenvalue weighted by atomic mass is 9.77. The number of ether oxygens (including phenoxy) is 1. The number of carboxylic acids is 1. The lowest BCUT2D eigenvalue weighted by molar-refractivity contribution is -0.0722. The second-order valence-electron chi connectivity index (χ2n) is 5.11. The van der Waals surface area contributed by atoms with E-state index in [-0.39, 0.29) is 16.2 Å². The van der Waals surface area contributed by atoms with Gasteiger partial charge in [-0.1, -0.05) is 11.6 Å². The van der Waals surface area contributed by atoms with Crippen LogP contribution in [-0.2, 0) is 11.2 Å². The third-order valence-electron chi connectivity index (χ3n) is 3.96. The van der Waals surface area contributed by atoms with Crippen molar-refractivity contribution in [2.24, 2.45) is 0 Å². The van der Waals surface area contributed by atoms with Crippen LogP contribution in [-0.4, -0.2) is 38.4 Å². The first kappa shape index (κ1) is 13.3. The first-order valence-corrected chi connectivity index (χ1v) is 6.74. The molecule has 2 aromatic rings. The zero-order valence-corrected chi connectivity index (χ0v) is 11.7. The van der Waals surface area contributed by atoms with Gasteiger partial charge in [-0.05, 0) is 25.3 Å². The van der Waals surface area contributed by atoms with Gasteiger partial charge in [0.05, 0.1) is 16.2 Å². The number of aromatic carboxylic acids is 1. The monoisotopic (exact) mass is 295 g/mol. The van der Waals surface area contributed by atoms with Crippen LogP contribution in [0.15, 0.2) is 12.3 Å². The molecule has 0 aliphatic heterocycles. The molecular weight excluding hydrogens is 282 g/mol. The molecule has 106 valence electrons. The topological polar surface area (TPSA) is 76.7 Å². The lowest BCUT2D eigenvalue weighted by Crippen LogP contribution is -2.41. The molecule has 0 radical (unpaired) electrons. The van der Waals surface area contributed by atoms with Crippen molar-refractivity contribution in [2.45, 2.75) is 31.3 Å². The van der Waals surface area contributed by atoms with E-state index >= 15 is 0 Å². The molecule has 1 fully saturated rings. The highest BCUT2D eigenvalue weighted by Gasteiger charge is 2.38. The van der Waals surface area contributed by atoms with Gasteiger partial charge in [-0.2, -0.15) is 0 Å². The zero-order valence-electron chi connectivity index (χ0n) is 11.0. The maximum Gasteiger partial charge on any atom is 0.337 e. The maximum atomic E-state index is 11.1. The Bertz CT molecular complexity index is 673. The van der Waals surface area contributed by atoms with E-state index in [2.05, 4.69) is 10.2 Å². The van der Waals surface area contributed by atoms with Crippen molar-refractivity contribution in [1.29, 1.82) is 0 Å². The first-order valence-electron chi connectivity index (χ1n) is 6.36. The molecule has 0 atom stereocenters. The number of pyridine rings is 1. The summed E-state index contributed by atoms with van der Waals surface area (Å²) in [4.78, 5) is 11.1. The predicted molar refractivity (Wildman–Crippen MR) is 72.3 cm³/mol. The second kappa shape index (κ2) is 4.71. The van der Waals surface area contributed by atoms with E-state index < -0.39 is 5.97 Å². The van der Waals surface area contributed by atoms with Gasteiger partial charge in [-0.3, -0.25) is 4.40 Å². The van der Waals surface area contributed by atoms with E-state index in [1.807, 2.05) is 0 Å². The number of rotatable bonds is 4. The number of carbonyl (C=O) groups is 1. The Hall–Kier alpha value is -1.66. The Kier molecular flexibility index (Phi) is 3.14. The summed E-state index contributed by atoms with van der Waals surface area (Å²) in [5, 5.41) is 17.5. The number of nitrogens with zero attached hydrogens (tertiary/aromatic N) is 3. The van der Waals surface area contributed by atoms with Crippen LogP contribution in [0, 0.1) is 0 Å². The predicted octanol–water partition coefficient (Wildman–Crippen LogP) is 2.19. The van der Waals surface area contributed by atoms with Crippen LogP contribution in [0.3, 0.4) is 0 Å². The maximum absolute atomic E-state index is 11.1. The van der Waals surface area contributed by atoms with Crippen molar-refractivity contribution in [3.8, 4) is 0 Å². The Labute approximate surface area is 120 Å². The summed E-state index contributed by atoms with van der Waals surface area (Å²) in [6.07, 6.45) is 5.19. The van der Waals surface area contributed by atoms with E-state index in [4.69, 9.17) is 21.4 Å². The van der Waals surface area contributed by atoms with Crippen molar-refractivity contribution in [3.05, 3.63) is 28.7 Å². The summed E-state index contributed by atoms with van der Waals surface area (Å²) < 4.78 is 7.22. The molecule has 6 nitrogen and oxygen atoms in total. The smallest absolute Gasteiger partial charge is 0.337 e. The Balaban J connectivity index is 2.05. The van der Waals surface area contributed by atoms with Gasteiger partial charge in [-0.25, -0.2) is 4.79 Å². The number of hydrogen-bond donors (Lipinski definition) is 1. The lowest BCUT2D eigenvalue weighted by Gasteiger charge is -2.39. The summed E-state index contributed by atoms with van der Waals surface area (Å²) in [7, 11) is 1.69. The fraction of sp³-hybridized carbons (Fsp3) is 0.462. The van der Waals surface area contributed by atoms with Gasteiger partial charge in [-0.15, -0.1) is 10.2 Å². The highest BCUT2D eigenvalue weighted by Crippen LogP contribution is 2.37. The molecule has 0 spiro atoms. The quantitative estimate of drug-likeness (QED) is 0.935. The van der Waals surface area contributed by atoms with Gasteiger partial charge in [0, 0.05) is 19.7 Å². The number of aromatic nitrogens is 3. The van der Waals surface area contributed by atoms with Crippen LogP contribution >= 0.6 is 11.6 Å². The molecule has 1 aliphatic carbocycles. The molecule has 0 amide bonds. The molecule has 0 saturated heterocycles. The summed E-state index contributed by atoms with van der Waals surface area (Å²) >= 11 is 6.05. The van der Waals surface area contributed by atoms with E-state index in [1.165, 1.54) is 12.3 Å². The fourth-order valence-electron chi connectivity index (χ4n) is 2.55. The van der Waals surface area contributed by atoms with Crippen molar-refractivity contribution < 1.29 is 14.6 Å². The van der Waals surface area contributed by atoms with Crippen LogP contribution in [0.2, 0.25) is 5.02 Å². The third-order valence-corrected chi connectivity index (χ3v) is 4.23. The average molecular weight is 296 g/mol. The zero-order chi connectivity index (χ0) is 14.3. The number of fused-ring (bicyclic) bond motifs is 1. The summed E-state index contributed by atoms with van der Waals surface area (Å²) in [5.74, 6) is -0.356. The molecule has 7 heteroatoms. The van der Waals surface area contributed by atoms with Crippen LogP contribution < -0.4 is 0 Å². The molecule has 2 heterocycles. The highest BCUT2D eigenvalue weighted by atomic mass is 35.5. The van der Waals surface area contributed by atoms with E-state index in [0.717, 1.165) is 19.3 Å². The first-order chi connectivity index (χ1) is 9.54. The van der Waals surface area contributed by atoms with Gasteiger partial charge in [0.15, 0.2) is 5.65 Å². The largest absolute Gasteiger partial charge is 0.478 e. The molecule has 2 aromatic heterocycles. The van der Waals surface area contributed by atoms with E-state index in [0.29, 0.717) is 17.9 Å². The molecule has 0 aromatic carbocycles. The van der Waals surface area contributed by atoms with Gasteiger partial charge in [0.1, 0.15) is 5.82 Å². The summed E-state index contributed by atoms with van der Waals surface area (Å²) in [6.45, 7) is 0. The molecule has 0 bridgehead atoms. The standard InChI is InChI=1S/C13H14ClN3O3/c1-20-13(3-2-4-13)6-10-15-16-11-9(14)5-8(12(18)19)7-17(10)11/h5,7H,2-4,6H2,1H3,(H,18,19). The van der Waals surface area contributed by atoms with Gasteiger partial charge in [0.25, 0.3) is 0 Å². The molecule has 1 saturated carbocycles. The van der Waals surface area contributed by atoms with Crippen molar-refractivity contribution in [1.82, 2.24) is 14.6 Å².